The van der Waals surface area contributed by atoms with Gasteiger partial charge in [-0.05, 0) is 122 Å². The minimum atomic E-state index is -4.94. The van der Waals surface area contributed by atoms with Crippen molar-refractivity contribution >= 4 is 33.6 Å². The third kappa shape index (κ3) is 82.2. The highest BCUT2D eigenvalue weighted by Gasteiger charge is 2.29. The van der Waals surface area contributed by atoms with Gasteiger partial charge in [0.25, 0.3) is 0 Å². The average Bonchev–Trinajstić information content (AvgIpc) is 0.914. The van der Waals surface area contributed by atoms with E-state index in [-0.39, 0.29) is 19.3 Å². The molecule has 0 aliphatic carbocycles. The lowest BCUT2D eigenvalue weighted by atomic mass is 10.0. The van der Waals surface area contributed by atoms with Crippen molar-refractivity contribution in [1.82, 2.24) is 0 Å². The van der Waals surface area contributed by atoms with Gasteiger partial charge >= 0.3 is 33.6 Å². The van der Waals surface area contributed by atoms with Gasteiger partial charge in [-0.25, -0.2) is 9.13 Å². The summed E-state index contributed by atoms with van der Waals surface area (Å²) in [5.74, 6) is -1.58. The van der Waals surface area contributed by atoms with Crippen LogP contribution < -0.4 is 0 Å². The van der Waals surface area contributed by atoms with Gasteiger partial charge in [0.2, 0.25) is 0 Å². The first kappa shape index (κ1) is 102. The summed E-state index contributed by atoms with van der Waals surface area (Å²) < 4.78 is 61.3. The Balaban J connectivity index is 4.56. The molecule has 107 heavy (non-hydrogen) atoms. The molecule has 5 unspecified atom stereocenters. The second-order valence-electron chi connectivity index (χ2n) is 27.9. The number of hydrogen-bond acceptors (Lipinski definition) is 14. The van der Waals surface area contributed by atoms with E-state index in [1.807, 2.05) is 0 Å². The van der Waals surface area contributed by atoms with E-state index in [2.05, 4.69) is 167 Å². The summed E-state index contributed by atoms with van der Waals surface area (Å²) in [7, 11) is -9.80. The normalized spacial score (nSPS) is 14.6. The summed E-state index contributed by atoms with van der Waals surface area (Å²) >= 11 is 0. The molecule has 0 spiro atoms. The molecule has 0 aromatic heterocycles. The van der Waals surface area contributed by atoms with Gasteiger partial charge in [-0.1, -0.05) is 346 Å². The molecule has 5 atom stereocenters. The molecule has 0 saturated heterocycles. The number of phosphoric acid groups is 2. The molecule has 0 aliphatic rings. The van der Waals surface area contributed by atoms with E-state index in [1.165, 1.54) is 109 Å². The van der Waals surface area contributed by atoms with Gasteiger partial charge in [-0.2, -0.15) is 0 Å². The predicted molar refractivity (Wildman–Crippen MR) is 445 cm³/mol. The maximum Gasteiger partial charge on any atom is 0.472 e. The molecule has 0 saturated carbocycles. The van der Waals surface area contributed by atoms with Gasteiger partial charge < -0.3 is 34.2 Å². The maximum absolute atomic E-state index is 13.0. The maximum atomic E-state index is 13.0. The zero-order valence-electron chi connectivity index (χ0n) is 67.3. The number of carbonyl (C=O) groups is 3. The van der Waals surface area contributed by atoms with Gasteiger partial charge in [0.1, 0.15) is 25.4 Å². The summed E-state index contributed by atoms with van der Waals surface area (Å²) in [5.41, 5.74) is 0. The Labute approximate surface area is 651 Å². The van der Waals surface area contributed by atoms with Gasteiger partial charge in [0, 0.05) is 19.3 Å². The number of hydrogen-bond donors (Lipinski definition) is 4. The Morgan fingerprint density at radius 1 is 0.271 bits per heavy atom. The number of phosphoric ester groups is 2. The van der Waals surface area contributed by atoms with Crippen LogP contribution in [0.15, 0.2) is 146 Å². The van der Waals surface area contributed by atoms with Crippen molar-refractivity contribution in [3.63, 3.8) is 0 Å². The van der Waals surface area contributed by atoms with Crippen molar-refractivity contribution in [2.24, 2.45) is 0 Å². The van der Waals surface area contributed by atoms with E-state index in [0.29, 0.717) is 19.3 Å². The molecule has 0 fully saturated rings. The van der Waals surface area contributed by atoms with Crippen LogP contribution in [-0.2, 0) is 55.8 Å². The smallest absolute Gasteiger partial charge is 0.463 e. The molecule has 0 rings (SSSR count). The number of aliphatic hydroxyl groups is 2. The highest BCUT2D eigenvalue weighted by Crippen LogP contribution is 2.45. The quantitative estimate of drug-likeness (QED) is 0.0146. The molecular formula is C89H152O16P2. The van der Waals surface area contributed by atoms with Crippen molar-refractivity contribution in [3.05, 3.63) is 146 Å². The fourth-order valence-corrected chi connectivity index (χ4v) is 12.8. The Morgan fingerprint density at radius 3 is 0.785 bits per heavy atom. The molecule has 16 nitrogen and oxygen atoms in total. The second-order valence-corrected chi connectivity index (χ2v) is 30.8. The van der Waals surface area contributed by atoms with Crippen LogP contribution >= 0.6 is 15.6 Å². The lowest BCUT2D eigenvalue weighted by Crippen LogP contribution is -2.30. The number of esters is 3. The van der Waals surface area contributed by atoms with Gasteiger partial charge in [-0.15, -0.1) is 0 Å². The van der Waals surface area contributed by atoms with E-state index >= 15 is 0 Å². The first-order chi connectivity index (χ1) is 52.2. The van der Waals surface area contributed by atoms with Crippen LogP contribution in [0.3, 0.4) is 0 Å². The lowest BCUT2D eigenvalue weighted by Gasteiger charge is -2.21. The average molecular weight is 1540 g/mol. The van der Waals surface area contributed by atoms with Crippen LogP contribution in [0.1, 0.15) is 342 Å². The standard InChI is InChI=1S/C89H152O16P2/c1-4-7-10-13-16-19-22-25-28-30-32-34-36-38-40-41-43-45-46-48-50-52-55-57-60-63-66-69-72-75-87(92)99-78-84(90)79-101-106(95,96)102-80-85(91)81-103-107(97,98)104-83-86(105-89(94)77-74-71-68-65-62-59-54-27-24-21-18-15-12-9-6-3)82-100-88(93)76-73-70-67-64-61-58-56-53-51-49-47-44-42-39-37-35-33-31-29-26-23-20-17-14-11-8-5-2/h7-8,10-11,16-17,19-20,25-26,28-29,32-35,38-40,42-43,45,47,49,84-86,90-91H,4-6,9,12-15,18,21-24,27,30-31,36-37,41,44,46,48,50-83H2,1-3H3,(H,95,96)(H,97,98)/b10-7-,11-8-,19-16-,20-17-,28-25-,29-26-,34-32-,35-33-,40-38-,42-39-,45-43-,49-47-. The Bertz CT molecular complexity index is 2530. The number of allylic oxidation sites excluding steroid dienone is 24. The summed E-state index contributed by atoms with van der Waals surface area (Å²) in [4.78, 5) is 58.8. The van der Waals surface area contributed by atoms with E-state index in [1.54, 1.807) is 0 Å². The predicted octanol–water partition coefficient (Wildman–Crippen LogP) is 25.2. The molecule has 0 heterocycles. The molecule has 4 N–H and O–H groups in total. The minimum Gasteiger partial charge on any atom is -0.463 e. The van der Waals surface area contributed by atoms with E-state index < -0.39 is 91.5 Å². The zero-order chi connectivity index (χ0) is 78.0. The third-order valence-corrected chi connectivity index (χ3v) is 19.5. The minimum absolute atomic E-state index is 0.103. The van der Waals surface area contributed by atoms with E-state index in [0.717, 1.165) is 173 Å². The van der Waals surface area contributed by atoms with Crippen molar-refractivity contribution in [3.8, 4) is 0 Å². The first-order valence-corrected chi connectivity index (χ1v) is 45.1. The highest BCUT2D eigenvalue weighted by molar-refractivity contribution is 7.47. The van der Waals surface area contributed by atoms with Crippen LogP contribution in [0.4, 0.5) is 0 Å². The monoisotopic (exact) mass is 1540 g/mol. The number of ether oxygens (including phenoxy) is 3. The van der Waals surface area contributed by atoms with E-state index in [4.69, 9.17) is 32.3 Å². The molecule has 0 aromatic rings. The fraction of sp³-hybridized carbons (Fsp3) is 0.697. The summed E-state index contributed by atoms with van der Waals surface area (Å²) in [6, 6.07) is 0. The fourth-order valence-electron chi connectivity index (χ4n) is 11.2. The van der Waals surface area contributed by atoms with Crippen LogP contribution in [-0.4, -0.2) is 95.9 Å². The molecule has 0 bridgehead atoms. The molecule has 0 amide bonds. The Kier molecular flexibility index (Phi) is 77.5. The highest BCUT2D eigenvalue weighted by atomic mass is 31.2. The molecule has 614 valence electrons. The third-order valence-electron chi connectivity index (χ3n) is 17.6. The SMILES string of the molecule is CC/C=C\C/C=C\C/C=C\C/C=C\C/C=C\C/C=C\CCCCCCCCCCCCC(=O)OCC(O)COP(=O)(O)OCC(O)COP(=O)(O)OCC(COC(=O)CCCCCCCCCC/C=C\C/C=C\C/C=C\C/C=C\C/C=C\C/C=C\CC)OC(=O)CCCCCCCCCCCCCCCCC. The topological polar surface area (TPSA) is 231 Å². The van der Waals surface area contributed by atoms with Crippen LogP contribution in [0.5, 0.6) is 0 Å². The van der Waals surface area contributed by atoms with Crippen LogP contribution in [0.25, 0.3) is 0 Å². The number of unbranched alkanes of at least 4 members (excludes halogenated alkanes) is 32. The van der Waals surface area contributed by atoms with Crippen molar-refractivity contribution in [1.29, 1.82) is 0 Å². The molecule has 0 aliphatic heterocycles. The molecule has 18 heteroatoms. The lowest BCUT2D eigenvalue weighted by molar-refractivity contribution is -0.161. The largest absolute Gasteiger partial charge is 0.472 e. The van der Waals surface area contributed by atoms with Crippen LogP contribution in [0.2, 0.25) is 0 Å². The Morgan fingerprint density at radius 2 is 0.495 bits per heavy atom. The van der Waals surface area contributed by atoms with Gasteiger partial charge in [0.05, 0.1) is 26.4 Å². The zero-order valence-corrected chi connectivity index (χ0v) is 69.1. The van der Waals surface area contributed by atoms with Crippen molar-refractivity contribution in [2.45, 2.75) is 360 Å². The number of carbonyl (C=O) groups excluding carboxylic acids is 3. The second kappa shape index (κ2) is 80.9. The van der Waals surface area contributed by atoms with Gasteiger partial charge in [0.15, 0.2) is 6.10 Å². The van der Waals surface area contributed by atoms with Crippen LogP contribution in [0, 0.1) is 0 Å². The summed E-state index contributed by atoms with van der Waals surface area (Å²) in [6.45, 7) is 2.47. The Hall–Kier alpha value is -4.57. The van der Waals surface area contributed by atoms with E-state index in [9.17, 15) is 43.5 Å². The molecular weight excluding hydrogens is 1390 g/mol. The molecule has 0 radical (unpaired) electrons. The number of aliphatic hydroxyl groups excluding tert-OH is 2. The molecule has 0 aromatic carbocycles. The summed E-state index contributed by atoms with van der Waals surface area (Å²) in [5, 5.41) is 20.7. The van der Waals surface area contributed by atoms with Crippen molar-refractivity contribution in [2.75, 3.05) is 39.6 Å². The van der Waals surface area contributed by atoms with Crippen molar-refractivity contribution < 1.29 is 75.8 Å². The van der Waals surface area contributed by atoms with Gasteiger partial charge in [-0.3, -0.25) is 32.5 Å². The first-order valence-electron chi connectivity index (χ1n) is 42.1. The summed E-state index contributed by atoms with van der Waals surface area (Å²) in [6.07, 6.45) is 100. The number of rotatable bonds is 79.